The minimum absolute atomic E-state index is 0.309. The van der Waals surface area contributed by atoms with Crippen molar-refractivity contribution >= 4 is 11.8 Å². The molecule has 1 aliphatic heterocycles. The van der Waals surface area contributed by atoms with Crippen molar-refractivity contribution < 1.29 is 9.90 Å². The van der Waals surface area contributed by atoms with Crippen LogP contribution >= 0.6 is 0 Å². The van der Waals surface area contributed by atoms with Gasteiger partial charge in [-0.2, -0.15) is 10.0 Å². The minimum atomic E-state index is -0.981. The zero-order chi connectivity index (χ0) is 11.4. The Kier molecular flexibility index (Phi) is 3.05. The Bertz CT molecular complexity index is 361. The van der Waals surface area contributed by atoms with Gasteiger partial charge in [0.15, 0.2) is 5.69 Å². The molecular weight excluding hydrogens is 206 g/mol. The Hall–Kier alpha value is -1.62. The van der Waals surface area contributed by atoms with Crippen molar-refractivity contribution in [3.05, 3.63) is 24.5 Å². The highest BCUT2D eigenvalue weighted by atomic mass is 16.4. The normalized spacial score (nSPS) is 19.0. The summed E-state index contributed by atoms with van der Waals surface area (Å²) in [6, 6.07) is 3.77. The molecule has 0 aromatic carbocycles. The molecule has 2 N–H and O–H groups in total. The fourth-order valence-electron chi connectivity index (χ4n) is 2.28. The fourth-order valence-corrected chi connectivity index (χ4v) is 2.28. The molecule has 0 unspecified atom stereocenters. The molecule has 1 saturated heterocycles. The van der Waals surface area contributed by atoms with E-state index in [2.05, 4.69) is 10.4 Å². The maximum Gasteiger partial charge on any atom is 0.449 e. The van der Waals surface area contributed by atoms with Gasteiger partial charge in [-0.05, 0) is 25.3 Å². The largest absolute Gasteiger partial charge is 0.462 e. The number of carbonyl (C=O) groups is 1. The first-order valence-corrected chi connectivity index (χ1v) is 5.52. The van der Waals surface area contributed by atoms with Crippen molar-refractivity contribution in [1.82, 2.24) is 15.0 Å². The third-order valence-corrected chi connectivity index (χ3v) is 3.03. The predicted octanol–water partition coefficient (Wildman–Crippen LogP) is 1.76. The molecule has 0 radical (unpaired) electrons. The molecule has 1 aliphatic rings. The molecule has 0 bridgehead atoms. The van der Waals surface area contributed by atoms with E-state index in [9.17, 15) is 4.79 Å². The molecule has 0 saturated carbocycles. The number of pyridine rings is 1. The molecule has 0 spiro atoms. The highest BCUT2D eigenvalue weighted by Crippen LogP contribution is 2.25. The highest BCUT2D eigenvalue weighted by molar-refractivity contribution is 5.66. The van der Waals surface area contributed by atoms with E-state index in [0.29, 0.717) is 4.59 Å². The smallest absolute Gasteiger partial charge is 0.449 e. The van der Waals surface area contributed by atoms with E-state index in [4.69, 9.17) is 5.11 Å². The lowest BCUT2D eigenvalue weighted by atomic mass is 10.1. The van der Waals surface area contributed by atoms with Crippen molar-refractivity contribution in [1.29, 1.82) is 0 Å². The number of carboxylic acid groups (broad SMARTS) is 1. The van der Waals surface area contributed by atoms with Gasteiger partial charge in [-0.25, -0.2) is 4.79 Å². The van der Waals surface area contributed by atoms with Crippen LogP contribution in [0.25, 0.3) is 0 Å². The quantitative estimate of drug-likeness (QED) is 0.749. The van der Waals surface area contributed by atoms with Crippen LogP contribution in [-0.2, 0) is 0 Å². The third-order valence-electron chi connectivity index (χ3n) is 3.03. The number of hydrogen-bond acceptors (Lipinski definition) is 2. The topological polar surface area (TPSA) is 62.2 Å². The molecule has 0 aliphatic carbocycles. The van der Waals surface area contributed by atoms with Gasteiger partial charge in [-0.1, -0.05) is 0 Å². The van der Waals surface area contributed by atoms with Gasteiger partial charge in [0.05, 0.1) is 6.20 Å². The van der Waals surface area contributed by atoms with E-state index in [1.54, 1.807) is 12.4 Å². The first-order chi connectivity index (χ1) is 7.73. The zero-order valence-corrected chi connectivity index (χ0v) is 9.09. The van der Waals surface area contributed by atoms with Gasteiger partial charge in [-0.15, -0.1) is 0 Å². The Morgan fingerprint density at radius 2 is 2.12 bits per heavy atom. The zero-order valence-electron chi connectivity index (χ0n) is 9.09. The van der Waals surface area contributed by atoms with Gasteiger partial charge in [0.1, 0.15) is 13.1 Å². The van der Waals surface area contributed by atoms with Crippen molar-refractivity contribution in [2.45, 2.75) is 19.3 Å². The summed E-state index contributed by atoms with van der Waals surface area (Å²) in [7, 11) is 0. The van der Waals surface area contributed by atoms with E-state index in [1.165, 1.54) is 6.42 Å². The number of nitrogens with zero attached hydrogens (tertiary/aromatic N) is 2. The van der Waals surface area contributed by atoms with Crippen LogP contribution < -0.4 is 10.0 Å². The highest BCUT2D eigenvalue weighted by Gasteiger charge is 2.35. The summed E-state index contributed by atoms with van der Waals surface area (Å²) in [4.78, 5) is 15.0. The summed E-state index contributed by atoms with van der Waals surface area (Å²) in [5.74, 6) is 0. The lowest BCUT2D eigenvalue weighted by Gasteiger charge is -2.38. The van der Waals surface area contributed by atoms with E-state index in [0.717, 1.165) is 31.6 Å². The third kappa shape index (κ3) is 2.14. The van der Waals surface area contributed by atoms with Crippen LogP contribution in [0, 0.1) is 0 Å². The molecule has 1 aromatic heterocycles. The fraction of sp³-hybridized carbons (Fsp3) is 0.455. The van der Waals surface area contributed by atoms with E-state index in [-0.39, 0.29) is 0 Å². The van der Waals surface area contributed by atoms with Gasteiger partial charge in [-0.3, -0.25) is 4.98 Å². The summed E-state index contributed by atoms with van der Waals surface area (Å²) in [5, 5.41) is 8.95. The number of nitrogens with one attached hydrogen (secondary N) is 1. The number of rotatable bonds is 2. The maximum absolute atomic E-state index is 10.9. The molecule has 1 aromatic rings. The second-order valence-electron chi connectivity index (χ2n) is 4.10. The van der Waals surface area contributed by atoms with E-state index in [1.807, 2.05) is 12.1 Å². The molecule has 5 nitrogen and oxygen atoms in total. The lowest BCUT2D eigenvalue weighted by molar-refractivity contribution is 0.126. The molecule has 0 atom stereocenters. The Morgan fingerprint density at radius 3 is 2.69 bits per heavy atom. The van der Waals surface area contributed by atoms with Gasteiger partial charge in [0, 0.05) is 12.3 Å². The Morgan fingerprint density at radius 1 is 1.38 bits per heavy atom. The number of hydrogen-bond donors (Lipinski definition) is 2. The van der Waals surface area contributed by atoms with Crippen LogP contribution in [-0.4, -0.2) is 29.3 Å². The molecule has 16 heavy (non-hydrogen) atoms. The lowest BCUT2D eigenvalue weighted by Crippen LogP contribution is -2.63. The number of amides is 1. The number of piperidine rings is 1. The summed E-state index contributed by atoms with van der Waals surface area (Å²) in [5.41, 5.74) is 3.55. The molecule has 1 fully saturated rings. The van der Waals surface area contributed by atoms with Gasteiger partial charge < -0.3 is 5.11 Å². The van der Waals surface area contributed by atoms with Crippen LogP contribution in [0.15, 0.2) is 24.5 Å². The standard InChI is InChI=1S/C11H15N3O2/c15-11(16)13-14(7-2-1-3-8-14)10-5-4-6-12-9-10/h4-6,9,13H,1-3,7-8H2/p+1. The van der Waals surface area contributed by atoms with Crippen LogP contribution in [0.1, 0.15) is 19.3 Å². The van der Waals surface area contributed by atoms with Crippen LogP contribution in [0.3, 0.4) is 0 Å². The van der Waals surface area contributed by atoms with Crippen LogP contribution in [0.4, 0.5) is 10.5 Å². The molecule has 2 heterocycles. The van der Waals surface area contributed by atoms with Gasteiger partial charge >= 0.3 is 6.09 Å². The second kappa shape index (κ2) is 4.49. The van der Waals surface area contributed by atoms with Crippen molar-refractivity contribution in [3.8, 4) is 0 Å². The number of aromatic nitrogens is 1. The van der Waals surface area contributed by atoms with Gasteiger partial charge in [0.25, 0.3) is 0 Å². The van der Waals surface area contributed by atoms with Crippen LogP contribution in [0.2, 0.25) is 0 Å². The minimum Gasteiger partial charge on any atom is -0.462 e. The molecule has 2 rings (SSSR count). The average molecular weight is 222 g/mol. The summed E-state index contributed by atoms with van der Waals surface area (Å²) in [6.45, 7) is 1.61. The molecular formula is C11H16N3O2+. The Labute approximate surface area is 94.3 Å². The molecule has 5 heteroatoms. The first kappa shape index (κ1) is 10.9. The van der Waals surface area contributed by atoms with Gasteiger partial charge in [0.2, 0.25) is 0 Å². The van der Waals surface area contributed by atoms with Crippen LogP contribution in [0.5, 0.6) is 0 Å². The maximum atomic E-state index is 10.9. The number of quaternary nitrogens is 1. The molecule has 1 amide bonds. The van der Waals surface area contributed by atoms with Crippen molar-refractivity contribution in [3.63, 3.8) is 0 Å². The monoisotopic (exact) mass is 222 g/mol. The first-order valence-electron chi connectivity index (χ1n) is 5.52. The summed E-state index contributed by atoms with van der Waals surface area (Å²) in [6.07, 6.45) is 5.70. The second-order valence-corrected chi connectivity index (χ2v) is 4.10. The van der Waals surface area contributed by atoms with Crippen molar-refractivity contribution in [2.75, 3.05) is 13.1 Å². The average Bonchev–Trinajstić information content (AvgIpc) is 2.30. The van der Waals surface area contributed by atoms with E-state index < -0.39 is 6.09 Å². The molecule has 86 valence electrons. The SMILES string of the molecule is O=C(O)N[N+]1(c2cccnc2)CCCCC1. The van der Waals surface area contributed by atoms with E-state index >= 15 is 0 Å². The van der Waals surface area contributed by atoms with Crippen molar-refractivity contribution in [2.24, 2.45) is 0 Å². The Balaban J connectivity index is 2.29. The summed E-state index contributed by atoms with van der Waals surface area (Å²) < 4.78 is 0.309. The predicted molar refractivity (Wildman–Crippen MR) is 60.8 cm³/mol. The summed E-state index contributed by atoms with van der Waals surface area (Å²) >= 11 is 0.